The Hall–Kier alpha value is -1.76. The van der Waals surface area contributed by atoms with Crippen LogP contribution in [0.15, 0.2) is 0 Å². The maximum Gasteiger partial charge on any atom is 0.343 e. The fraction of sp³-hybridized carbons (Fsp3) is 0.500. The van der Waals surface area contributed by atoms with Crippen LogP contribution in [-0.4, -0.2) is 35.0 Å². The number of hydrogen-bond acceptors (Lipinski definition) is 7. The molecule has 0 bridgehead atoms. The minimum atomic E-state index is -1.69. The largest absolute Gasteiger partial charge is 0.412 e. The van der Waals surface area contributed by atoms with Crippen molar-refractivity contribution in [3.05, 3.63) is 0 Å². The lowest BCUT2D eigenvalue weighted by atomic mass is 10.2. The summed E-state index contributed by atoms with van der Waals surface area (Å²) in [7, 11) is 0. The van der Waals surface area contributed by atoms with E-state index in [2.05, 4.69) is 9.47 Å². The summed E-state index contributed by atoms with van der Waals surface area (Å²) in [6.07, 6.45) is -2.22. The first kappa shape index (κ1) is 13.2. The summed E-state index contributed by atoms with van der Waals surface area (Å²) < 4.78 is 8.32. The van der Waals surface area contributed by atoms with Crippen LogP contribution in [0.25, 0.3) is 0 Å². The minimum absolute atomic E-state index is 0.522. The fourth-order valence-electron chi connectivity index (χ4n) is 0.684. The molecule has 1 atom stereocenters. The summed E-state index contributed by atoms with van der Waals surface area (Å²) in [5.41, 5.74) is 0. The molecule has 0 aliphatic carbocycles. The van der Waals surface area contributed by atoms with Gasteiger partial charge in [-0.15, -0.1) is 0 Å². The maximum atomic E-state index is 10.8. The van der Waals surface area contributed by atoms with E-state index < -0.39 is 36.3 Å². The molecule has 15 heavy (non-hydrogen) atoms. The van der Waals surface area contributed by atoms with Crippen molar-refractivity contribution < 1.29 is 29.0 Å². The van der Waals surface area contributed by atoms with Gasteiger partial charge in [0.25, 0.3) is 0 Å². The second kappa shape index (κ2) is 5.86. The number of hydrogen-bond donors (Lipinski definition) is 2. The van der Waals surface area contributed by atoms with Crippen molar-refractivity contribution in [1.82, 2.24) is 0 Å². The first-order valence-electron chi connectivity index (χ1n) is 3.99. The fourth-order valence-corrected chi connectivity index (χ4v) is 0.684. The topological polar surface area (TPSA) is 114 Å². The van der Waals surface area contributed by atoms with Gasteiger partial charge in [0, 0.05) is 13.8 Å². The van der Waals surface area contributed by atoms with Crippen LogP contribution in [0.4, 0.5) is 0 Å². The van der Waals surface area contributed by atoms with Crippen LogP contribution < -0.4 is 0 Å². The third-order valence-electron chi connectivity index (χ3n) is 1.16. The lowest BCUT2D eigenvalue weighted by Gasteiger charge is -2.08. The number of carbonyl (C=O) groups excluding carboxylic acids is 3. The number of aliphatic hydroxyl groups excluding tert-OH is 1. The molecule has 7 heteroatoms. The molecular formula is C8H11NO6. The van der Waals surface area contributed by atoms with E-state index in [0.717, 1.165) is 13.8 Å². The number of rotatable bonds is 3. The zero-order valence-corrected chi connectivity index (χ0v) is 8.27. The van der Waals surface area contributed by atoms with Crippen molar-refractivity contribution in [3.8, 4) is 0 Å². The number of carbonyl (C=O) groups is 3. The Morgan fingerprint density at radius 1 is 1.20 bits per heavy atom. The van der Waals surface area contributed by atoms with Crippen LogP contribution in [-0.2, 0) is 23.9 Å². The van der Waals surface area contributed by atoms with Crippen molar-refractivity contribution >= 4 is 23.8 Å². The van der Waals surface area contributed by atoms with Gasteiger partial charge < -0.3 is 14.6 Å². The number of esters is 3. The Morgan fingerprint density at radius 3 is 2.07 bits per heavy atom. The van der Waals surface area contributed by atoms with Gasteiger partial charge in [-0.05, 0) is 0 Å². The molecule has 0 aromatic heterocycles. The first-order chi connectivity index (χ1) is 6.82. The summed E-state index contributed by atoms with van der Waals surface area (Å²) in [5, 5.41) is 16.1. The maximum absolute atomic E-state index is 10.8. The Kier molecular flexibility index (Phi) is 5.18. The second-order valence-electron chi connectivity index (χ2n) is 2.65. The molecule has 2 N–H and O–H groups in total. The van der Waals surface area contributed by atoms with Gasteiger partial charge in [-0.1, -0.05) is 0 Å². The van der Waals surface area contributed by atoms with Gasteiger partial charge in [-0.25, -0.2) is 4.79 Å². The predicted molar refractivity (Wildman–Crippen MR) is 46.9 cm³/mol. The Balaban J connectivity index is 4.07. The molecular weight excluding hydrogens is 206 g/mol. The molecule has 0 heterocycles. The van der Waals surface area contributed by atoms with Crippen molar-refractivity contribution in [3.63, 3.8) is 0 Å². The second-order valence-corrected chi connectivity index (χ2v) is 2.65. The van der Waals surface area contributed by atoms with E-state index in [-0.39, 0.29) is 0 Å². The van der Waals surface area contributed by atoms with Crippen molar-refractivity contribution in [2.45, 2.75) is 26.4 Å². The highest BCUT2D eigenvalue weighted by Crippen LogP contribution is 1.98. The zero-order chi connectivity index (χ0) is 12.0. The molecule has 0 rings (SSSR count). The van der Waals surface area contributed by atoms with Gasteiger partial charge in [0.2, 0.25) is 0 Å². The van der Waals surface area contributed by atoms with Crippen LogP contribution in [0.2, 0.25) is 0 Å². The SMILES string of the molecule is CC(=O)OC(=N)CC(O)C(=O)OC(C)=O. The van der Waals surface area contributed by atoms with Crippen LogP contribution in [0.3, 0.4) is 0 Å². The molecule has 0 radical (unpaired) electrons. The first-order valence-corrected chi connectivity index (χ1v) is 3.99. The van der Waals surface area contributed by atoms with E-state index in [1.54, 1.807) is 0 Å². The summed E-state index contributed by atoms with van der Waals surface area (Å²) in [4.78, 5) is 31.5. The highest BCUT2D eigenvalue weighted by atomic mass is 16.6. The van der Waals surface area contributed by atoms with Crippen LogP contribution in [0.1, 0.15) is 20.3 Å². The molecule has 1 unspecified atom stereocenters. The predicted octanol–water partition coefficient (Wildman–Crippen LogP) is -0.633. The Bertz CT molecular complexity index is 298. The highest BCUT2D eigenvalue weighted by molar-refractivity contribution is 5.92. The third-order valence-corrected chi connectivity index (χ3v) is 1.16. The lowest BCUT2D eigenvalue weighted by molar-refractivity contribution is -0.164. The molecule has 0 aromatic rings. The third kappa shape index (κ3) is 6.33. The zero-order valence-electron chi connectivity index (χ0n) is 8.27. The highest BCUT2D eigenvalue weighted by Gasteiger charge is 2.21. The summed E-state index contributed by atoms with van der Waals surface area (Å²) in [6.45, 7) is 2.08. The molecule has 0 fully saturated rings. The van der Waals surface area contributed by atoms with Gasteiger partial charge in [0.1, 0.15) is 0 Å². The van der Waals surface area contributed by atoms with Crippen molar-refractivity contribution in [2.24, 2.45) is 0 Å². The average Bonchev–Trinajstić information content (AvgIpc) is 2.00. The van der Waals surface area contributed by atoms with Gasteiger partial charge in [-0.2, -0.15) is 0 Å². The van der Waals surface area contributed by atoms with E-state index in [1.807, 2.05) is 0 Å². The van der Waals surface area contributed by atoms with Gasteiger partial charge in [-0.3, -0.25) is 15.0 Å². The molecule has 7 nitrogen and oxygen atoms in total. The summed E-state index contributed by atoms with van der Waals surface area (Å²) >= 11 is 0. The molecule has 0 aliphatic rings. The van der Waals surface area contributed by atoms with Crippen molar-refractivity contribution in [2.75, 3.05) is 0 Å². The number of ether oxygens (including phenoxy) is 2. The van der Waals surface area contributed by atoms with Gasteiger partial charge in [0.15, 0.2) is 12.0 Å². The molecule has 0 amide bonds. The number of nitrogens with one attached hydrogen (secondary N) is 1. The van der Waals surface area contributed by atoms with E-state index in [1.165, 1.54) is 0 Å². The molecule has 0 spiro atoms. The monoisotopic (exact) mass is 217 g/mol. The van der Waals surface area contributed by atoms with E-state index in [9.17, 15) is 14.4 Å². The summed E-state index contributed by atoms with van der Waals surface area (Å²) in [6, 6.07) is 0. The molecule has 84 valence electrons. The number of aliphatic hydroxyl groups is 1. The Labute approximate surface area is 85.5 Å². The van der Waals surface area contributed by atoms with E-state index >= 15 is 0 Å². The molecule has 0 saturated carbocycles. The Morgan fingerprint density at radius 2 is 1.67 bits per heavy atom. The minimum Gasteiger partial charge on any atom is -0.412 e. The molecule has 0 aromatic carbocycles. The summed E-state index contributed by atoms with van der Waals surface area (Å²) in [5.74, 6) is -3.35. The molecule has 0 saturated heterocycles. The standard InChI is InChI=1S/C8H11NO6/c1-4(10)14-7(9)3-6(12)8(13)15-5(2)11/h6,9,12H,3H2,1-2H3. The smallest absolute Gasteiger partial charge is 0.343 e. The van der Waals surface area contributed by atoms with E-state index in [0.29, 0.717) is 0 Å². The molecule has 0 aliphatic heterocycles. The van der Waals surface area contributed by atoms with Gasteiger partial charge >= 0.3 is 17.9 Å². The van der Waals surface area contributed by atoms with Crippen LogP contribution in [0.5, 0.6) is 0 Å². The van der Waals surface area contributed by atoms with Crippen LogP contribution >= 0.6 is 0 Å². The normalized spacial score (nSPS) is 11.4. The van der Waals surface area contributed by atoms with Gasteiger partial charge in [0.05, 0.1) is 6.42 Å². The van der Waals surface area contributed by atoms with Crippen LogP contribution in [0, 0.1) is 5.41 Å². The average molecular weight is 217 g/mol. The quantitative estimate of drug-likeness (QED) is 0.281. The van der Waals surface area contributed by atoms with E-state index in [4.69, 9.17) is 10.5 Å². The van der Waals surface area contributed by atoms with Crippen molar-refractivity contribution in [1.29, 1.82) is 5.41 Å². The lowest BCUT2D eigenvalue weighted by Crippen LogP contribution is -2.28.